The molecule has 0 spiro atoms. The number of nitrogens with zero attached hydrogens (tertiary/aromatic N) is 1. The Morgan fingerprint density at radius 2 is 1.74 bits per heavy atom. The second-order valence-corrected chi connectivity index (χ2v) is 6.26. The van der Waals surface area contributed by atoms with Gasteiger partial charge >= 0.3 is 0 Å². The molecule has 0 aromatic heterocycles. The number of carbonyl (C=O) groups excluding carboxylic acids is 1. The molecule has 0 heterocycles. The minimum atomic E-state index is -0.132. The fourth-order valence-electron chi connectivity index (χ4n) is 2.91. The van der Waals surface area contributed by atoms with E-state index in [1.807, 2.05) is 19.1 Å². The van der Waals surface area contributed by atoms with Crippen molar-refractivity contribution in [3.8, 4) is 11.5 Å². The number of carbonyl (C=O) groups is 1. The van der Waals surface area contributed by atoms with Gasteiger partial charge in [0.2, 0.25) is 0 Å². The Morgan fingerprint density at radius 1 is 1.00 bits per heavy atom. The summed E-state index contributed by atoms with van der Waals surface area (Å²) in [5, 5.41) is 2.98. The molecule has 27 heavy (non-hydrogen) atoms. The van der Waals surface area contributed by atoms with Crippen molar-refractivity contribution in [2.75, 3.05) is 26.8 Å². The number of ether oxygens (including phenoxy) is 2. The second-order valence-electron chi connectivity index (χ2n) is 6.26. The van der Waals surface area contributed by atoms with E-state index < -0.39 is 0 Å². The van der Waals surface area contributed by atoms with E-state index in [0.29, 0.717) is 30.2 Å². The molecule has 2 rings (SSSR count). The van der Waals surface area contributed by atoms with Crippen molar-refractivity contribution in [2.45, 2.75) is 33.9 Å². The molecular weight excluding hydrogens is 340 g/mol. The molecule has 0 aliphatic carbocycles. The van der Waals surface area contributed by atoms with Gasteiger partial charge in [-0.05, 0) is 49.3 Å². The molecule has 0 fully saturated rings. The molecule has 0 bridgehead atoms. The van der Waals surface area contributed by atoms with Crippen LogP contribution in [0.4, 0.5) is 0 Å². The molecule has 0 saturated heterocycles. The van der Waals surface area contributed by atoms with Crippen LogP contribution in [0.1, 0.15) is 42.3 Å². The molecule has 0 unspecified atom stereocenters. The van der Waals surface area contributed by atoms with Crippen LogP contribution in [0.25, 0.3) is 0 Å². The maximum Gasteiger partial charge on any atom is 0.251 e. The van der Waals surface area contributed by atoms with Crippen LogP contribution in [-0.4, -0.2) is 37.6 Å². The van der Waals surface area contributed by atoms with Crippen LogP contribution in [0.5, 0.6) is 11.5 Å². The lowest BCUT2D eigenvalue weighted by atomic mass is 10.1. The van der Waals surface area contributed by atoms with Crippen molar-refractivity contribution in [1.29, 1.82) is 0 Å². The van der Waals surface area contributed by atoms with Gasteiger partial charge in [0, 0.05) is 18.7 Å². The van der Waals surface area contributed by atoms with Crippen LogP contribution < -0.4 is 14.8 Å². The standard InChI is InChI=1S/C22H30N2O3/c1-5-24(6-2)16-18-10-8-9-17(13-18)15-23-22(25)19-11-12-20(26-4)21(14-19)27-7-3/h8-14H,5-7,15-16H2,1-4H3,(H,23,25). The van der Waals surface area contributed by atoms with Gasteiger partial charge in [0.1, 0.15) is 0 Å². The third kappa shape index (κ3) is 6.00. The summed E-state index contributed by atoms with van der Waals surface area (Å²) in [5.74, 6) is 1.07. The smallest absolute Gasteiger partial charge is 0.251 e. The van der Waals surface area contributed by atoms with E-state index in [2.05, 4.69) is 36.2 Å². The van der Waals surface area contributed by atoms with Crippen molar-refractivity contribution in [2.24, 2.45) is 0 Å². The van der Waals surface area contributed by atoms with Crippen LogP contribution in [-0.2, 0) is 13.1 Å². The van der Waals surface area contributed by atoms with Gasteiger partial charge in [0.05, 0.1) is 13.7 Å². The van der Waals surface area contributed by atoms with Crippen LogP contribution in [0.2, 0.25) is 0 Å². The summed E-state index contributed by atoms with van der Waals surface area (Å²) in [4.78, 5) is 14.9. The van der Waals surface area contributed by atoms with E-state index in [1.54, 1.807) is 25.3 Å². The normalized spacial score (nSPS) is 10.7. The van der Waals surface area contributed by atoms with E-state index in [-0.39, 0.29) is 5.91 Å². The summed E-state index contributed by atoms with van der Waals surface area (Å²) in [6, 6.07) is 13.6. The zero-order valence-corrected chi connectivity index (χ0v) is 16.7. The lowest BCUT2D eigenvalue weighted by molar-refractivity contribution is 0.0950. The van der Waals surface area contributed by atoms with Gasteiger partial charge in [-0.2, -0.15) is 0 Å². The van der Waals surface area contributed by atoms with Gasteiger partial charge in [0.15, 0.2) is 11.5 Å². The number of hydrogen-bond donors (Lipinski definition) is 1. The lowest BCUT2D eigenvalue weighted by Crippen LogP contribution is -2.24. The minimum absolute atomic E-state index is 0.132. The van der Waals surface area contributed by atoms with Crippen molar-refractivity contribution >= 4 is 5.91 Å². The Morgan fingerprint density at radius 3 is 2.41 bits per heavy atom. The predicted octanol–water partition coefficient (Wildman–Crippen LogP) is 3.87. The molecule has 2 aromatic rings. The summed E-state index contributed by atoms with van der Waals surface area (Å²) >= 11 is 0. The highest BCUT2D eigenvalue weighted by Gasteiger charge is 2.11. The first-order chi connectivity index (χ1) is 13.1. The number of rotatable bonds is 10. The Bertz CT molecular complexity index is 742. The molecule has 0 aliphatic rings. The number of amides is 1. The molecule has 146 valence electrons. The van der Waals surface area contributed by atoms with E-state index in [9.17, 15) is 4.79 Å². The van der Waals surface area contributed by atoms with Crippen molar-refractivity contribution in [3.05, 3.63) is 59.2 Å². The fraction of sp³-hybridized carbons (Fsp3) is 0.409. The van der Waals surface area contributed by atoms with Crippen LogP contribution in [0.15, 0.2) is 42.5 Å². The first-order valence-electron chi connectivity index (χ1n) is 9.50. The summed E-state index contributed by atoms with van der Waals surface area (Å²) in [5.41, 5.74) is 2.90. The van der Waals surface area contributed by atoms with E-state index in [0.717, 1.165) is 25.2 Å². The zero-order chi connectivity index (χ0) is 19.6. The average molecular weight is 370 g/mol. The highest BCUT2D eigenvalue weighted by Crippen LogP contribution is 2.28. The van der Waals surface area contributed by atoms with Crippen molar-refractivity contribution in [3.63, 3.8) is 0 Å². The van der Waals surface area contributed by atoms with Gasteiger partial charge in [-0.1, -0.05) is 38.1 Å². The fourth-order valence-corrected chi connectivity index (χ4v) is 2.91. The Kier molecular flexibility index (Phi) is 8.14. The van der Waals surface area contributed by atoms with Crippen LogP contribution >= 0.6 is 0 Å². The van der Waals surface area contributed by atoms with Gasteiger partial charge in [-0.3, -0.25) is 9.69 Å². The predicted molar refractivity (Wildman–Crippen MR) is 108 cm³/mol. The molecule has 0 aliphatic heterocycles. The first-order valence-corrected chi connectivity index (χ1v) is 9.50. The highest BCUT2D eigenvalue weighted by molar-refractivity contribution is 5.94. The average Bonchev–Trinajstić information content (AvgIpc) is 2.70. The summed E-state index contributed by atoms with van der Waals surface area (Å²) in [6.45, 7) is 10.2. The SMILES string of the molecule is CCOc1cc(C(=O)NCc2cccc(CN(CC)CC)c2)ccc1OC. The number of benzene rings is 2. The molecule has 1 amide bonds. The molecular formula is C22H30N2O3. The van der Waals surface area contributed by atoms with Gasteiger partial charge < -0.3 is 14.8 Å². The number of nitrogens with one attached hydrogen (secondary N) is 1. The summed E-state index contributed by atoms with van der Waals surface area (Å²) in [6.07, 6.45) is 0. The zero-order valence-electron chi connectivity index (χ0n) is 16.7. The molecule has 2 aromatic carbocycles. The Labute approximate surface area is 162 Å². The monoisotopic (exact) mass is 370 g/mol. The Hall–Kier alpha value is -2.53. The van der Waals surface area contributed by atoms with E-state index in [1.165, 1.54) is 5.56 Å². The third-order valence-corrected chi connectivity index (χ3v) is 4.47. The molecule has 5 nitrogen and oxygen atoms in total. The molecule has 1 N–H and O–H groups in total. The summed E-state index contributed by atoms with van der Waals surface area (Å²) in [7, 11) is 1.59. The Balaban J connectivity index is 2.02. The molecule has 0 atom stereocenters. The van der Waals surface area contributed by atoms with Crippen molar-refractivity contribution in [1.82, 2.24) is 10.2 Å². The molecule has 5 heteroatoms. The maximum atomic E-state index is 12.5. The topological polar surface area (TPSA) is 50.8 Å². The second kappa shape index (κ2) is 10.6. The first kappa shape index (κ1) is 20.8. The largest absolute Gasteiger partial charge is 0.493 e. The van der Waals surface area contributed by atoms with Gasteiger partial charge in [0.25, 0.3) is 5.91 Å². The van der Waals surface area contributed by atoms with E-state index >= 15 is 0 Å². The minimum Gasteiger partial charge on any atom is -0.493 e. The van der Waals surface area contributed by atoms with Gasteiger partial charge in [-0.25, -0.2) is 0 Å². The number of hydrogen-bond acceptors (Lipinski definition) is 4. The van der Waals surface area contributed by atoms with E-state index in [4.69, 9.17) is 9.47 Å². The highest BCUT2D eigenvalue weighted by atomic mass is 16.5. The van der Waals surface area contributed by atoms with Gasteiger partial charge in [-0.15, -0.1) is 0 Å². The quantitative estimate of drug-likeness (QED) is 0.690. The molecule has 0 radical (unpaired) electrons. The van der Waals surface area contributed by atoms with Crippen LogP contribution in [0.3, 0.4) is 0 Å². The number of methoxy groups -OCH3 is 1. The van der Waals surface area contributed by atoms with Crippen LogP contribution in [0, 0.1) is 0 Å². The maximum absolute atomic E-state index is 12.5. The third-order valence-electron chi connectivity index (χ3n) is 4.47. The molecule has 0 saturated carbocycles. The van der Waals surface area contributed by atoms with Crippen molar-refractivity contribution < 1.29 is 14.3 Å². The summed E-state index contributed by atoms with van der Waals surface area (Å²) < 4.78 is 10.8. The lowest BCUT2D eigenvalue weighted by Gasteiger charge is -2.18.